The second kappa shape index (κ2) is 2.46. The summed E-state index contributed by atoms with van der Waals surface area (Å²) in [5.74, 6) is 2.75. The van der Waals surface area contributed by atoms with Crippen molar-refractivity contribution in [1.29, 1.82) is 0 Å². The Morgan fingerprint density at radius 2 is 1.83 bits per heavy atom. The summed E-state index contributed by atoms with van der Waals surface area (Å²) < 4.78 is 0. The number of hydrogen-bond donors (Lipinski definition) is 1. The average Bonchev–Trinajstić information content (AvgIpc) is 2.88. The fraction of sp³-hybridized carbons (Fsp3) is 1.00. The van der Waals surface area contributed by atoms with Gasteiger partial charge in [-0.25, -0.2) is 0 Å². The minimum absolute atomic E-state index is 0.556. The summed E-state index contributed by atoms with van der Waals surface area (Å²) in [6.07, 6.45) is 4.39. The van der Waals surface area contributed by atoms with Crippen LogP contribution in [0.5, 0.6) is 0 Å². The van der Waals surface area contributed by atoms with Crippen LogP contribution in [0.15, 0.2) is 0 Å². The van der Waals surface area contributed by atoms with E-state index >= 15 is 0 Å². The predicted octanol–water partition coefficient (Wildman–Crippen LogP) is 0.675. The molecule has 2 atom stereocenters. The normalized spacial score (nSPS) is 47.2. The van der Waals surface area contributed by atoms with E-state index in [1.165, 1.54) is 38.9 Å². The quantitative estimate of drug-likeness (QED) is 0.653. The third-order valence-electron chi connectivity index (χ3n) is 3.89. The van der Waals surface area contributed by atoms with Gasteiger partial charge in [0.1, 0.15) is 0 Å². The SMILES string of the molecule is NC1C2CC1CN(CC1CC1)C2. The van der Waals surface area contributed by atoms with E-state index in [0.717, 1.165) is 17.8 Å². The molecular weight excluding hydrogens is 148 g/mol. The molecule has 0 aromatic heterocycles. The highest BCUT2D eigenvalue weighted by atomic mass is 15.2. The second-order valence-corrected chi connectivity index (χ2v) is 5.00. The van der Waals surface area contributed by atoms with Crippen LogP contribution in [0.4, 0.5) is 0 Å². The first-order valence-electron chi connectivity index (χ1n) is 5.31. The van der Waals surface area contributed by atoms with Crippen LogP contribution in [0.1, 0.15) is 19.3 Å². The van der Waals surface area contributed by atoms with Crippen molar-refractivity contribution >= 4 is 0 Å². The van der Waals surface area contributed by atoms with Crippen LogP contribution >= 0.6 is 0 Å². The van der Waals surface area contributed by atoms with Crippen LogP contribution in [0.25, 0.3) is 0 Å². The van der Waals surface area contributed by atoms with Crippen LogP contribution in [0, 0.1) is 17.8 Å². The van der Waals surface area contributed by atoms with Crippen molar-refractivity contribution in [2.24, 2.45) is 23.5 Å². The highest BCUT2D eigenvalue weighted by Gasteiger charge is 2.44. The van der Waals surface area contributed by atoms with Gasteiger partial charge in [0.2, 0.25) is 0 Å². The van der Waals surface area contributed by atoms with Gasteiger partial charge in [0.05, 0.1) is 0 Å². The number of nitrogens with two attached hydrogens (primary N) is 1. The van der Waals surface area contributed by atoms with Gasteiger partial charge in [-0.2, -0.15) is 0 Å². The van der Waals surface area contributed by atoms with Crippen molar-refractivity contribution in [3.8, 4) is 0 Å². The van der Waals surface area contributed by atoms with E-state index in [1.54, 1.807) is 0 Å². The monoisotopic (exact) mass is 166 g/mol. The first-order chi connectivity index (χ1) is 5.83. The summed E-state index contributed by atoms with van der Waals surface area (Å²) >= 11 is 0. The zero-order valence-electron chi connectivity index (χ0n) is 7.58. The zero-order valence-corrected chi connectivity index (χ0v) is 7.58. The number of nitrogens with zero attached hydrogens (tertiary/aromatic N) is 1. The van der Waals surface area contributed by atoms with Crippen molar-refractivity contribution in [2.45, 2.75) is 25.3 Å². The van der Waals surface area contributed by atoms with E-state index in [0.29, 0.717) is 6.04 Å². The Bertz CT molecular complexity index is 176. The van der Waals surface area contributed by atoms with Gasteiger partial charge >= 0.3 is 0 Å². The molecule has 0 amide bonds. The van der Waals surface area contributed by atoms with Gasteiger partial charge in [-0.15, -0.1) is 0 Å². The van der Waals surface area contributed by atoms with Gasteiger partial charge in [-0.1, -0.05) is 0 Å². The highest BCUT2D eigenvalue weighted by Crippen LogP contribution is 2.40. The van der Waals surface area contributed by atoms with Gasteiger partial charge in [-0.3, -0.25) is 0 Å². The molecule has 4 aliphatic rings. The molecule has 2 bridgehead atoms. The Morgan fingerprint density at radius 3 is 2.33 bits per heavy atom. The Labute approximate surface area is 74.1 Å². The van der Waals surface area contributed by atoms with Crippen molar-refractivity contribution in [3.63, 3.8) is 0 Å². The highest BCUT2D eigenvalue weighted by molar-refractivity contribution is 5.00. The minimum atomic E-state index is 0.556. The fourth-order valence-electron chi connectivity index (χ4n) is 2.84. The molecule has 2 nitrogen and oxygen atoms in total. The lowest BCUT2D eigenvalue weighted by Gasteiger charge is -2.52. The summed E-state index contributed by atoms with van der Waals surface area (Å²) in [5.41, 5.74) is 6.01. The maximum Gasteiger partial charge on any atom is 0.0120 e. The molecule has 12 heavy (non-hydrogen) atoms. The molecule has 0 radical (unpaired) electrons. The van der Waals surface area contributed by atoms with Gasteiger partial charge in [0.15, 0.2) is 0 Å². The molecule has 2 N–H and O–H groups in total. The fourth-order valence-corrected chi connectivity index (χ4v) is 2.84. The van der Waals surface area contributed by atoms with Gasteiger partial charge in [-0.05, 0) is 37.0 Å². The van der Waals surface area contributed by atoms with E-state index in [4.69, 9.17) is 5.73 Å². The maximum absolute atomic E-state index is 6.01. The average molecular weight is 166 g/mol. The van der Waals surface area contributed by atoms with E-state index in [1.807, 2.05) is 0 Å². The lowest BCUT2D eigenvalue weighted by atomic mass is 9.67. The minimum Gasteiger partial charge on any atom is -0.327 e. The number of hydrogen-bond acceptors (Lipinski definition) is 2. The lowest BCUT2D eigenvalue weighted by Crippen LogP contribution is -2.62. The third kappa shape index (κ3) is 1.09. The number of piperidine rings is 2. The Hall–Kier alpha value is -0.0800. The van der Waals surface area contributed by atoms with Crippen molar-refractivity contribution in [3.05, 3.63) is 0 Å². The molecule has 2 aliphatic heterocycles. The van der Waals surface area contributed by atoms with E-state index < -0.39 is 0 Å². The first kappa shape index (κ1) is 7.34. The van der Waals surface area contributed by atoms with Crippen molar-refractivity contribution in [2.75, 3.05) is 19.6 Å². The third-order valence-corrected chi connectivity index (χ3v) is 3.89. The predicted molar refractivity (Wildman–Crippen MR) is 48.7 cm³/mol. The van der Waals surface area contributed by atoms with Crippen molar-refractivity contribution < 1.29 is 0 Å². The van der Waals surface area contributed by atoms with Gasteiger partial charge < -0.3 is 10.6 Å². The molecule has 2 unspecified atom stereocenters. The molecule has 2 heterocycles. The molecule has 4 rings (SSSR count). The molecule has 4 fully saturated rings. The molecule has 2 saturated heterocycles. The summed E-state index contributed by atoms with van der Waals surface area (Å²) in [6, 6.07) is 0.556. The summed E-state index contributed by atoms with van der Waals surface area (Å²) in [4.78, 5) is 2.65. The van der Waals surface area contributed by atoms with E-state index in [9.17, 15) is 0 Å². The van der Waals surface area contributed by atoms with E-state index in [2.05, 4.69) is 4.90 Å². The Kier molecular flexibility index (Phi) is 1.50. The second-order valence-electron chi connectivity index (χ2n) is 5.00. The van der Waals surface area contributed by atoms with Crippen LogP contribution in [0.3, 0.4) is 0 Å². The van der Waals surface area contributed by atoms with E-state index in [-0.39, 0.29) is 0 Å². The zero-order chi connectivity index (χ0) is 8.13. The largest absolute Gasteiger partial charge is 0.327 e. The molecule has 2 heteroatoms. The molecule has 0 aromatic carbocycles. The van der Waals surface area contributed by atoms with Gasteiger partial charge in [0.25, 0.3) is 0 Å². The van der Waals surface area contributed by atoms with Crippen molar-refractivity contribution in [1.82, 2.24) is 4.90 Å². The molecule has 2 saturated carbocycles. The summed E-state index contributed by atoms with van der Waals surface area (Å²) in [6.45, 7) is 3.97. The number of rotatable bonds is 2. The first-order valence-corrected chi connectivity index (χ1v) is 5.31. The molecule has 2 aliphatic carbocycles. The molecule has 0 aromatic rings. The molecular formula is C10H18N2. The Balaban J connectivity index is 1.56. The van der Waals surface area contributed by atoms with Crippen LogP contribution in [0.2, 0.25) is 0 Å². The summed E-state index contributed by atoms with van der Waals surface area (Å²) in [5, 5.41) is 0. The van der Waals surface area contributed by atoms with Crippen LogP contribution in [-0.2, 0) is 0 Å². The van der Waals surface area contributed by atoms with Crippen LogP contribution < -0.4 is 5.73 Å². The molecule has 0 spiro atoms. The number of fused-ring (bicyclic) bond motifs is 2. The molecule has 68 valence electrons. The smallest absolute Gasteiger partial charge is 0.0120 e. The maximum atomic E-state index is 6.01. The van der Waals surface area contributed by atoms with Crippen LogP contribution in [-0.4, -0.2) is 30.6 Å². The standard InChI is InChI=1S/C10H18N2/c11-10-8-3-9(10)6-12(5-8)4-7-1-2-7/h7-10H,1-6,11H2. The Morgan fingerprint density at radius 1 is 1.17 bits per heavy atom. The topological polar surface area (TPSA) is 29.3 Å². The van der Waals surface area contributed by atoms with Gasteiger partial charge in [0, 0.05) is 25.7 Å². The summed E-state index contributed by atoms with van der Waals surface area (Å²) in [7, 11) is 0. The lowest BCUT2D eigenvalue weighted by molar-refractivity contribution is 0.000749.